The zero-order valence-electron chi connectivity index (χ0n) is 16.3. The SMILES string of the molecule is COC(=O)C=Cc1cnc2c(c1)c(=O)cc(Nc1ccccc1)n2-c1ccccc1. The zero-order valence-corrected chi connectivity index (χ0v) is 16.3. The minimum atomic E-state index is -0.473. The van der Waals surface area contributed by atoms with Gasteiger partial charge in [0, 0.05) is 29.7 Å². The van der Waals surface area contributed by atoms with Crippen LogP contribution in [0.2, 0.25) is 0 Å². The molecule has 6 heteroatoms. The van der Waals surface area contributed by atoms with Gasteiger partial charge >= 0.3 is 5.97 Å². The number of anilines is 2. The van der Waals surface area contributed by atoms with E-state index < -0.39 is 5.97 Å². The fourth-order valence-corrected chi connectivity index (χ4v) is 3.14. The summed E-state index contributed by atoms with van der Waals surface area (Å²) >= 11 is 0. The van der Waals surface area contributed by atoms with E-state index in [9.17, 15) is 9.59 Å². The van der Waals surface area contributed by atoms with Crippen molar-refractivity contribution in [2.24, 2.45) is 0 Å². The summed E-state index contributed by atoms with van der Waals surface area (Å²) in [5, 5.41) is 3.76. The normalized spacial score (nSPS) is 11.0. The lowest BCUT2D eigenvalue weighted by Crippen LogP contribution is -2.13. The largest absolute Gasteiger partial charge is 0.466 e. The van der Waals surface area contributed by atoms with Crippen molar-refractivity contribution in [2.45, 2.75) is 0 Å². The third kappa shape index (κ3) is 3.98. The Balaban J connectivity index is 1.90. The number of nitrogens with zero attached hydrogens (tertiary/aromatic N) is 2. The van der Waals surface area contributed by atoms with E-state index in [2.05, 4.69) is 15.0 Å². The molecule has 0 unspecified atom stereocenters. The molecule has 6 nitrogen and oxygen atoms in total. The van der Waals surface area contributed by atoms with Crippen molar-refractivity contribution < 1.29 is 9.53 Å². The number of hydrogen-bond acceptors (Lipinski definition) is 5. The number of carbonyl (C=O) groups is 1. The Bertz CT molecular complexity index is 1280. The first kappa shape index (κ1) is 19.1. The Hall–Kier alpha value is -4.19. The van der Waals surface area contributed by atoms with Gasteiger partial charge in [0.05, 0.1) is 12.5 Å². The molecule has 2 aromatic heterocycles. The molecule has 0 atom stereocenters. The van der Waals surface area contributed by atoms with Crippen LogP contribution in [0.25, 0.3) is 22.8 Å². The molecule has 0 saturated heterocycles. The summed E-state index contributed by atoms with van der Waals surface area (Å²) in [4.78, 5) is 28.8. The molecule has 4 aromatic rings. The number of esters is 1. The van der Waals surface area contributed by atoms with Gasteiger partial charge in [-0.05, 0) is 42.0 Å². The summed E-state index contributed by atoms with van der Waals surface area (Å²) in [6, 6.07) is 22.6. The first-order chi connectivity index (χ1) is 14.7. The second kappa shape index (κ2) is 8.45. The second-order valence-corrected chi connectivity index (χ2v) is 6.55. The van der Waals surface area contributed by atoms with E-state index in [4.69, 9.17) is 0 Å². The van der Waals surface area contributed by atoms with Gasteiger partial charge in [0.2, 0.25) is 0 Å². The van der Waals surface area contributed by atoms with E-state index in [1.165, 1.54) is 13.2 Å². The van der Waals surface area contributed by atoms with Crippen molar-refractivity contribution in [1.82, 2.24) is 9.55 Å². The second-order valence-electron chi connectivity index (χ2n) is 6.55. The summed E-state index contributed by atoms with van der Waals surface area (Å²) in [5.74, 6) is 0.134. The Labute approximate surface area is 173 Å². The van der Waals surface area contributed by atoms with E-state index in [1.54, 1.807) is 24.4 Å². The number of para-hydroxylation sites is 2. The minimum absolute atomic E-state index is 0.170. The van der Waals surface area contributed by atoms with E-state index in [1.807, 2.05) is 65.2 Å². The average Bonchev–Trinajstić information content (AvgIpc) is 2.79. The number of pyridine rings is 2. The molecule has 2 aromatic carbocycles. The topological polar surface area (TPSA) is 73.2 Å². The highest BCUT2D eigenvalue weighted by Crippen LogP contribution is 2.24. The molecule has 0 saturated carbocycles. The van der Waals surface area contributed by atoms with Crippen molar-refractivity contribution in [2.75, 3.05) is 12.4 Å². The Morgan fingerprint density at radius 2 is 1.73 bits per heavy atom. The van der Waals surface area contributed by atoms with Gasteiger partial charge in [-0.25, -0.2) is 9.78 Å². The van der Waals surface area contributed by atoms with Crippen LogP contribution in [0.3, 0.4) is 0 Å². The lowest BCUT2D eigenvalue weighted by atomic mass is 10.1. The molecule has 0 fully saturated rings. The fourth-order valence-electron chi connectivity index (χ4n) is 3.14. The molecular weight excluding hydrogens is 378 g/mol. The summed E-state index contributed by atoms with van der Waals surface area (Å²) in [7, 11) is 1.31. The summed E-state index contributed by atoms with van der Waals surface area (Å²) in [5.41, 5.74) is 2.71. The van der Waals surface area contributed by atoms with Crippen LogP contribution in [0.15, 0.2) is 89.9 Å². The van der Waals surface area contributed by atoms with Gasteiger partial charge in [0.15, 0.2) is 5.43 Å². The molecule has 0 aliphatic heterocycles. The van der Waals surface area contributed by atoms with Gasteiger partial charge in [-0.2, -0.15) is 0 Å². The van der Waals surface area contributed by atoms with Crippen LogP contribution in [0.4, 0.5) is 11.5 Å². The highest BCUT2D eigenvalue weighted by Gasteiger charge is 2.13. The van der Waals surface area contributed by atoms with Crippen LogP contribution in [-0.4, -0.2) is 22.6 Å². The van der Waals surface area contributed by atoms with E-state index in [0.29, 0.717) is 22.4 Å². The first-order valence-corrected chi connectivity index (χ1v) is 9.35. The van der Waals surface area contributed by atoms with Gasteiger partial charge < -0.3 is 10.1 Å². The molecule has 1 N–H and O–H groups in total. The maximum absolute atomic E-state index is 12.9. The van der Waals surface area contributed by atoms with Gasteiger partial charge in [0.25, 0.3) is 0 Å². The number of fused-ring (bicyclic) bond motifs is 1. The molecule has 0 spiro atoms. The predicted molar refractivity (Wildman–Crippen MR) is 118 cm³/mol. The van der Waals surface area contributed by atoms with Gasteiger partial charge in [-0.15, -0.1) is 0 Å². The molecule has 2 heterocycles. The van der Waals surface area contributed by atoms with Crippen LogP contribution in [0.1, 0.15) is 5.56 Å². The van der Waals surface area contributed by atoms with Gasteiger partial charge in [-0.3, -0.25) is 9.36 Å². The Morgan fingerprint density at radius 3 is 2.43 bits per heavy atom. The van der Waals surface area contributed by atoms with Crippen LogP contribution < -0.4 is 10.7 Å². The van der Waals surface area contributed by atoms with Crippen molar-refractivity contribution in [1.29, 1.82) is 0 Å². The van der Waals surface area contributed by atoms with Crippen LogP contribution in [-0.2, 0) is 9.53 Å². The van der Waals surface area contributed by atoms with Gasteiger partial charge in [-0.1, -0.05) is 36.4 Å². The molecule has 0 bridgehead atoms. The molecule has 30 heavy (non-hydrogen) atoms. The highest BCUT2D eigenvalue weighted by atomic mass is 16.5. The minimum Gasteiger partial charge on any atom is -0.466 e. The van der Waals surface area contributed by atoms with Crippen molar-refractivity contribution in [3.8, 4) is 5.69 Å². The monoisotopic (exact) mass is 397 g/mol. The third-order valence-electron chi connectivity index (χ3n) is 4.55. The number of carbonyl (C=O) groups excluding carboxylic acids is 1. The maximum atomic E-state index is 12.9. The molecule has 0 aliphatic rings. The number of benzene rings is 2. The number of hydrogen-bond donors (Lipinski definition) is 1. The van der Waals surface area contributed by atoms with E-state index in [0.717, 1.165) is 11.4 Å². The number of aromatic nitrogens is 2. The molecule has 0 aliphatic carbocycles. The fraction of sp³-hybridized carbons (Fsp3) is 0.0417. The number of ether oxygens (including phenoxy) is 1. The molecule has 0 radical (unpaired) electrons. The lowest BCUT2D eigenvalue weighted by Gasteiger charge is -2.17. The summed E-state index contributed by atoms with van der Waals surface area (Å²) in [6.45, 7) is 0. The van der Waals surface area contributed by atoms with Crippen molar-refractivity contribution in [3.63, 3.8) is 0 Å². The molecule has 0 amide bonds. The molecule has 148 valence electrons. The van der Waals surface area contributed by atoms with E-state index in [-0.39, 0.29) is 5.43 Å². The molecular formula is C24H19N3O3. The smallest absolute Gasteiger partial charge is 0.330 e. The highest BCUT2D eigenvalue weighted by molar-refractivity contribution is 5.88. The number of nitrogens with one attached hydrogen (secondary N) is 1. The zero-order chi connectivity index (χ0) is 20.9. The quantitative estimate of drug-likeness (QED) is 0.401. The summed E-state index contributed by atoms with van der Waals surface area (Å²) in [6.07, 6.45) is 4.48. The lowest BCUT2D eigenvalue weighted by molar-refractivity contribution is -0.134. The standard InChI is InChI=1S/C24H19N3O3/c1-30-23(29)13-12-17-14-20-21(28)15-22(26-18-8-4-2-5-9-18)27(24(20)25-16-17)19-10-6-3-7-11-19/h2-16,26H,1H3. The Morgan fingerprint density at radius 1 is 1.03 bits per heavy atom. The third-order valence-corrected chi connectivity index (χ3v) is 4.55. The summed E-state index contributed by atoms with van der Waals surface area (Å²) < 4.78 is 6.51. The van der Waals surface area contributed by atoms with Crippen LogP contribution in [0, 0.1) is 0 Å². The van der Waals surface area contributed by atoms with Crippen molar-refractivity contribution in [3.05, 3.63) is 101 Å². The van der Waals surface area contributed by atoms with Crippen LogP contribution in [0.5, 0.6) is 0 Å². The maximum Gasteiger partial charge on any atom is 0.330 e. The number of rotatable bonds is 5. The number of methoxy groups -OCH3 is 1. The predicted octanol–water partition coefficient (Wildman–Crippen LogP) is 4.32. The van der Waals surface area contributed by atoms with Gasteiger partial charge in [0.1, 0.15) is 11.5 Å². The van der Waals surface area contributed by atoms with Crippen LogP contribution >= 0.6 is 0 Å². The average molecular weight is 397 g/mol. The molecule has 4 rings (SSSR count). The van der Waals surface area contributed by atoms with E-state index >= 15 is 0 Å². The van der Waals surface area contributed by atoms with Crippen molar-refractivity contribution >= 4 is 34.6 Å². The first-order valence-electron chi connectivity index (χ1n) is 9.35. The Kier molecular flexibility index (Phi) is 5.39.